The van der Waals surface area contributed by atoms with E-state index in [0.717, 1.165) is 16.8 Å². The topological polar surface area (TPSA) is 104 Å². The Morgan fingerprint density at radius 1 is 0.970 bits per heavy atom. The molecule has 4 rings (SSSR count). The zero-order chi connectivity index (χ0) is 23.4. The fourth-order valence-electron chi connectivity index (χ4n) is 3.31. The maximum absolute atomic E-state index is 12.8. The molecule has 0 spiro atoms. The molecule has 3 aromatic carbocycles. The van der Waals surface area contributed by atoms with Crippen LogP contribution < -0.4 is 10.0 Å². The molecule has 0 bridgehead atoms. The third-order valence-electron chi connectivity index (χ3n) is 5.15. The SMILES string of the molecule is Cc1ccc(NS(=O)(=O)c2cccc(C(=O)NC(C)c3ncc(-c4ccccc4)[nH]3)c2)cc1. The number of anilines is 1. The van der Waals surface area contributed by atoms with Crippen LogP contribution in [0, 0.1) is 6.92 Å². The smallest absolute Gasteiger partial charge is 0.261 e. The van der Waals surface area contributed by atoms with Gasteiger partial charge in [0, 0.05) is 11.3 Å². The molecule has 0 aliphatic rings. The molecule has 168 valence electrons. The van der Waals surface area contributed by atoms with Crippen LogP contribution in [-0.4, -0.2) is 24.3 Å². The summed E-state index contributed by atoms with van der Waals surface area (Å²) >= 11 is 0. The minimum absolute atomic E-state index is 0.00717. The van der Waals surface area contributed by atoms with Gasteiger partial charge in [-0.2, -0.15) is 0 Å². The fraction of sp³-hybridized carbons (Fsp3) is 0.120. The van der Waals surface area contributed by atoms with Crippen LogP contribution in [0.25, 0.3) is 11.3 Å². The van der Waals surface area contributed by atoms with Gasteiger partial charge in [0.15, 0.2) is 0 Å². The number of aromatic nitrogens is 2. The molecule has 0 saturated carbocycles. The standard InChI is InChI=1S/C25H24N4O3S/c1-17-11-13-21(14-12-17)29-33(31,32)22-10-6-9-20(15-22)25(30)27-18(2)24-26-16-23(28-24)19-7-4-3-5-8-19/h3-16,18,29H,1-2H3,(H,26,28)(H,27,30). The Hall–Kier alpha value is -3.91. The number of carbonyl (C=O) groups is 1. The van der Waals surface area contributed by atoms with Gasteiger partial charge in [0.25, 0.3) is 15.9 Å². The number of nitrogens with zero attached hydrogens (tertiary/aromatic N) is 1. The van der Waals surface area contributed by atoms with E-state index in [0.29, 0.717) is 11.5 Å². The number of nitrogens with one attached hydrogen (secondary N) is 3. The zero-order valence-electron chi connectivity index (χ0n) is 18.2. The van der Waals surface area contributed by atoms with Gasteiger partial charge in [-0.05, 0) is 49.7 Å². The van der Waals surface area contributed by atoms with E-state index in [1.54, 1.807) is 30.5 Å². The van der Waals surface area contributed by atoms with Crippen molar-refractivity contribution in [1.82, 2.24) is 15.3 Å². The number of amides is 1. The van der Waals surface area contributed by atoms with Crippen LogP contribution in [0.5, 0.6) is 0 Å². The third-order valence-corrected chi connectivity index (χ3v) is 6.53. The van der Waals surface area contributed by atoms with Gasteiger partial charge in [0.1, 0.15) is 5.82 Å². The van der Waals surface area contributed by atoms with Crippen molar-refractivity contribution in [2.24, 2.45) is 0 Å². The maximum Gasteiger partial charge on any atom is 0.261 e. The molecule has 0 saturated heterocycles. The van der Waals surface area contributed by atoms with E-state index in [2.05, 4.69) is 20.0 Å². The molecule has 7 nitrogen and oxygen atoms in total. The van der Waals surface area contributed by atoms with Crippen molar-refractivity contribution >= 4 is 21.6 Å². The molecule has 1 atom stereocenters. The van der Waals surface area contributed by atoms with Gasteiger partial charge in [-0.25, -0.2) is 13.4 Å². The first-order chi connectivity index (χ1) is 15.8. The molecule has 0 aliphatic heterocycles. The summed E-state index contributed by atoms with van der Waals surface area (Å²) in [6.07, 6.45) is 1.72. The highest BCUT2D eigenvalue weighted by molar-refractivity contribution is 7.92. The molecule has 4 aromatic rings. The molecule has 1 heterocycles. The number of aromatic amines is 1. The Morgan fingerprint density at radius 2 is 1.70 bits per heavy atom. The number of aryl methyl sites for hydroxylation is 1. The van der Waals surface area contributed by atoms with Crippen molar-refractivity contribution in [1.29, 1.82) is 0 Å². The van der Waals surface area contributed by atoms with E-state index in [9.17, 15) is 13.2 Å². The molecule has 0 aliphatic carbocycles. The van der Waals surface area contributed by atoms with Crippen LogP contribution in [0.4, 0.5) is 5.69 Å². The first kappa shape index (κ1) is 22.3. The quantitative estimate of drug-likeness (QED) is 0.373. The third kappa shape index (κ3) is 5.30. The highest BCUT2D eigenvalue weighted by Crippen LogP contribution is 2.20. The highest BCUT2D eigenvalue weighted by atomic mass is 32.2. The molecular formula is C25H24N4O3S. The summed E-state index contributed by atoms with van der Waals surface area (Å²) in [5.41, 5.74) is 3.56. The van der Waals surface area contributed by atoms with Gasteiger partial charge in [-0.1, -0.05) is 54.1 Å². The lowest BCUT2D eigenvalue weighted by atomic mass is 10.2. The molecule has 3 N–H and O–H groups in total. The first-order valence-corrected chi connectivity index (χ1v) is 11.9. The highest BCUT2D eigenvalue weighted by Gasteiger charge is 2.19. The van der Waals surface area contributed by atoms with Gasteiger partial charge in [0.2, 0.25) is 0 Å². The summed E-state index contributed by atoms with van der Waals surface area (Å²) in [5.74, 6) is 0.208. The number of hydrogen-bond acceptors (Lipinski definition) is 4. The van der Waals surface area contributed by atoms with E-state index in [4.69, 9.17) is 0 Å². The largest absolute Gasteiger partial charge is 0.342 e. The van der Waals surface area contributed by atoms with Gasteiger partial charge in [0.05, 0.1) is 22.8 Å². The van der Waals surface area contributed by atoms with Gasteiger partial charge >= 0.3 is 0 Å². The lowest BCUT2D eigenvalue weighted by Gasteiger charge is -2.13. The lowest BCUT2D eigenvalue weighted by Crippen LogP contribution is -2.27. The Balaban J connectivity index is 1.47. The molecule has 0 fully saturated rings. The van der Waals surface area contributed by atoms with Gasteiger partial charge < -0.3 is 10.3 Å². The monoisotopic (exact) mass is 460 g/mol. The van der Waals surface area contributed by atoms with E-state index in [-0.39, 0.29) is 10.5 Å². The summed E-state index contributed by atoms with van der Waals surface area (Å²) in [6, 6.07) is 22.3. The second kappa shape index (κ2) is 9.30. The van der Waals surface area contributed by atoms with Crippen LogP contribution in [0.1, 0.15) is 34.7 Å². The summed E-state index contributed by atoms with van der Waals surface area (Å²) in [7, 11) is -3.84. The summed E-state index contributed by atoms with van der Waals surface area (Å²) in [6.45, 7) is 3.73. The predicted molar refractivity (Wildman–Crippen MR) is 128 cm³/mol. The van der Waals surface area contributed by atoms with Gasteiger partial charge in [-0.15, -0.1) is 0 Å². The summed E-state index contributed by atoms with van der Waals surface area (Å²) in [5, 5.41) is 2.86. The van der Waals surface area contributed by atoms with Crippen molar-refractivity contribution in [2.45, 2.75) is 24.8 Å². The summed E-state index contributed by atoms with van der Waals surface area (Å²) in [4.78, 5) is 20.4. The Labute approximate surface area is 193 Å². The number of imidazole rings is 1. The second-order valence-corrected chi connectivity index (χ2v) is 9.43. The minimum Gasteiger partial charge on any atom is -0.342 e. The number of sulfonamides is 1. The van der Waals surface area contributed by atoms with Crippen LogP contribution in [-0.2, 0) is 10.0 Å². The van der Waals surface area contributed by atoms with E-state index >= 15 is 0 Å². The molecule has 1 unspecified atom stereocenters. The second-order valence-electron chi connectivity index (χ2n) is 7.74. The van der Waals surface area contributed by atoms with Crippen LogP contribution in [0.15, 0.2) is 90.0 Å². The maximum atomic E-state index is 12.8. The number of H-pyrrole nitrogens is 1. The summed E-state index contributed by atoms with van der Waals surface area (Å²) < 4.78 is 28.1. The number of carbonyl (C=O) groups excluding carboxylic acids is 1. The van der Waals surface area contributed by atoms with E-state index < -0.39 is 22.0 Å². The fourth-order valence-corrected chi connectivity index (χ4v) is 4.41. The molecule has 1 amide bonds. The van der Waals surface area contributed by atoms with Crippen molar-refractivity contribution in [3.63, 3.8) is 0 Å². The van der Waals surface area contributed by atoms with Gasteiger partial charge in [-0.3, -0.25) is 9.52 Å². The average molecular weight is 461 g/mol. The van der Waals surface area contributed by atoms with Crippen LogP contribution in [0.2, 0.25) is 0 Å². The van der Waals surface area contributed by atoms with E-state index in [1.165, 1.54) is 12.1 Å². The van der Waals surface area contributed by atoms with Crippen LogP contribution >= 0.6 is 0 Å². The van der Waals surface area contributed by atoms with Crippen molar-refractivity contribution < 1.29 is 13.2 Å². The van der Waals surface area contributed by atoms with Crippen molar-refractivity contribution in [3.05, 3.63) is 102 Å². The average Bonchev–Trinajstić information content (AvgIpc) is 3.32. The molecule has 8 heteroatoms. The Bertz CT molecular complexity index is 1360. The Kier molecular flexibility index (Phi) is 6.28. The van der Waals surface area contributed by atoms with Crippen LogP contribution in [0.3, 0.4) is 0 Å². The zero-order valence-corrected chi connectivity index (χ0v) is 19.1. The normalized spacial score (nSPS) is 12.2. The first-order valence-electron chi connectivity index (χ1n) is 10.4. The predicted octanol–water partition coefficient (Wildman–Crippen LogP) is 4.68. The van der Waals surface area contributed by atoms with E-state index in [1.807, 2.05) is 56.3 Å². The number of rotatable bonds is 7. The van der Waals surface area contributed by atoms with Crippen molar-refractivity contribution in [2.75, 3.05) is 4.72 Å². The van der Waals surface area contributed by atoms with Crippen molar-refractivity contribution in [3.8, 4) is 11.3 Å². The number of benzene rings is 3. The Morgan fingerprint density at radius 3 is 2.42 bits per heavy atom. The lowest BCUT2D eigenvalue weighted by molar-refractivity contribution is 0.0938. The molecule has 33 heavy (non-hydrogen) atoms. The molecule has 0 radical (unpaired) electrons. The minimum atomic E-state index is -3.84. The molecule has 1 aromatic heterocycles. The number of hydrogen-bond donors (Lipinski definition) is 3. The molecular weight excluding hydrogens is 436 g/mol.